The van der Waals surface area contributed by atoms with Crippen LogP contribution in [0.25, 0.3) is 60.6 Å². The number of para-hydroxylation sites is 3. The lowest BCUT2D eigenvalue weighted by Gasteiger charge is -2.12. The summed E-state index contributed by atoms with van der Waals surface area (Å²) >= 11 is 0. The van der Waals surface area contributed by atoms with E-state index < -0.39 is 0 Å². The van der Waals surface area contributed by atoms with Crippen LogP contribution in [0.5, 0.6) is 5.75 Å². The van der Waals surface area contributed by atoms with Crippen molar-refractivity contribution in [3.63, 3.8) is 0 Å². The summed E-state index contributed by atoms with van der Waals surface area (Å²) in [5, 5.41) is 4.37. The summed E-state index contributed by atoms with van der Waals surface area (Å²) in [5.74, 6) is 0.585. The van der Waals surface area contributed by atoms with Crippen molar-refractivity contribution < 1.29 is 9.13 Å². The molecule has 5 heteroatoms. The molecule has 7 aromatic rings. The average molecular weight is 458 g/mol. The normalized spacial score (nSPS) is 11.7. The predicted octanol–water partition coefficient (Wildman–Crippen LogP) is 7.63. The molecule has 4 nitrogen and oxygen atoms in total. The Morgan fingerprint density at radius 3 is 2.43 bits per heavy atom. The number of nitrogens with zero attached hydrogens (tertiary/aromatic N) is 2. The van der Waals surface area contributed by atoms with Crippen molar-refractivity contribution in [2.75, 3.05) is 7.11 Å². The minimum atomic E-state index is -0.382. The van der Waals surface area contributed by atoms with Crippen molar-refractivity contribution in [3.8, 4) is 22.7 Å². The number of aromatic amines is 1. The zero-order chi connectivity index (χ0) is 23.5. The fourth-order valence-electron chi connectivity index (χ4n) is 5.25. The van der Waals surface area contributed by atoms with Crippen LogP contribution in [0.3, 0.4) is 0 Å². The van der Waals surface area contributed by atoms with Crippen molar-refractivity contribution in [2.45, 2.75) is 0 Å². The zero-order valence-corrected chi connectivity index (χ0v) is 18.9. The minimum Gasteiger partial charge on any atom is -0.497 e. The Labute approximate surface area is 200 Å². The van der Waals surface area contributed by atoms with Gasteiger partial charge in [0.15, 0.2) is 11.6 Å². The molecule has 0 unspecified atom stereocenters. The molecule has 35 heavy (non-hydrogen) atoms. The molecule has 0 amide bonds. The average Bonchev–Trinajstić information content (AvgIpc) is 3.44. The molecule has 168 valence electrons. The highest BCUT2D eigenvalue weighted by Crippen LogP contribution is 2.41. The Balaban J connectivity index is 1.67. The van der Waals surface area contributed by atoms with Crippen LogP contribution >= 0.6 is 0 Å². The lowest BCUT2D eigenvalue weighted by molar-refractivity contribution is 0.415. The van der Waals surface area contributed by atoms with Gasteiger partial charge >= 0.3 is 0 Å². The second-order valence-electron chi connectivity index (χ2n) is 8.63. The number of methoxy groups -OCH3 is 1. The van der Waals surface area contributed by atoms with Gasteiger partial charge in [-0.2, -0.15) is 0 Å². The molecule has 0 aliphatic heterocycles. The molecule has 0 atom stereocenters. The van der Waals surface area contributed by atoms with Gasteiger partial charge in [0.2, 0.25) is 0 Å². The molecule has 0 bridgehead atoms. The molecule has 0 spiro atoms. The molecule has 3 heterocycles. The van der Waals surface area contributed by atoms with Gasteiger partial charge in [-0.1, -0.05) is 54.6 Å². The molecule has 0 radical (unpaired) electrons. The molecule has 4 aromatic carbocycles. The maximum Gasteiger partial charge on any atom is 0.174 e. The van der Waals surface area contributed by atoms with Gasteiger partial charge in [0.05, 0.1) is 23.7 Å². The Kier molecular flexibility index (Phi) is 4.20. The number of ether oxygens (including phenoxy) is 1. The minimum absolute atomic E-state index is 0.261. The SMILES string of the molecule is COc1ccc2c3cccc(-c4cccc5c4[nH]c4ccccc45)c3n(-c3ncccc3F)c2c1. The van der Waals surface area contributed by atoms with Gasteiger partial charge < -0.3 is 9.72 Å². The van der Waals surface area contributed by atoms with Gasteiger partial charge in [0.25, 0.3) is 0 Å². The van der Waals surface area contributed by atoms with Crippen LogP contribution < -0.4 is 4.74 Å². The number of benzene rings is 4. The number of hydrogen-bond acceptors (Lipinski definition) is 2. The van der Waals surface area contributed by atoms with E-state index in [1.54, 1.807) is 19.4 Å². The van der Waals surface area contributed by atoms with E-state index >= 15 is 4.39 Å². The Morgan fingerprint density at radius 1 is 0.771 bits per heavy atom. The van der Waals surface area contributed by atoms with Crippen molar-refractivity contribution in [2.24, 2.45) is 0 Å². The van der Waals surface area contributed by atoms with E-state index in [-0.39, 0.29) is 11.6 Å². The highest BCUT2D eigenvalue weighted by molar-refractivity contribution is 6.18. The highest BCUT2D eigenvalue weighted by Gasteiger charge is 2.21. The van der Waals surface area contributed by atoms with Crippen molar-refractivity contribution >= 4 is 43.6 Å². The van der Waals surface area contributed by atoms with E-state index in [1.807, 2.05) is 28.8 Å². The Morgan fingerprint density at radius 2 is 1.57 bits per heavy atom. The molecule has 1 N–H and O–H groups in total. The first-order valence-corrected chi connectivity index (χ1v) is 11.5. The van der Waals surface area contributed by atoms with E-state index in [0.717, 1.165) is 49.4 Å². The van der Waals surface area contributed by atoms with Crippen molar-refractivity contribution in [1.29, 1.82) is 0 Å². The van der Waals surface area contributed by atoms with E-state index in [0.29, 0.717) is 5.75 Å². The Hall–Kier alpha value is -4.64. The number of nitrogens with one attached hydrogen (secondary N) is 1. The van der Waals surface area contributed by atoms with Crippen LogP contribution in [0, 0.1) is 5.82 Å². The van der Waals surface area contributed by atoms with Crippen molar-refractivity contribution in [1.82, 2.24) is 14.5 Å². The summed E-state index contributed by atoms with van der Waals surface area (Å²) in [6.45, 7) is 0. The number of hydrogen-bond donors (Lipinski definition) is 1. The molecule has 7 rings (SSSR count). The molecular formula is C30H20FN3O. The van der Waals surface area contributed by atoms with Crippen LogP contribution in [-0.4, -0.2) is 21.6 Å². The van der Waals surface area contributed by atoms with Crippen LogP contribution in [0.4, 0.5) is 4.39 Å². The number of pyridine rings is 1. The molecule has 0 saturated carbocycles. The summed E-state index contributed by atoms with van der Waals surface area (Å²) in [7, 11) is 1.64. The van der Waals surface area contributed by atoms with Gasteiger partial charge in [-0.25, -0.2) is 9.37 Å². The van der Waals surface area contributed by atoms with Gasteiger partial charge in [-0.3, -0.25) is 4.57 Å². The van der Waals surface area contributed by atoms with Crippen LogP contribution in [0.2, 0.25) is 0 Å². The third-order valence-electron chi connectivity index (χ3n) is 6.78. The lowest BCUT2D eigenvalue weighted by atomic mass is 9.99. The van der Waals surface area contributed by atoms with E-state index in [2.05, 4.69) is 64.6 Å². The molecule has 0 saturated heterocycles. The topological polar surface area (TPSA) is 42.8 Å². The standard InChI is InChI=1S/C30H20FN3O/c1-35-18-14-15-20-23-10-5-11-24(29(23)34(27(20)17-18)30-25(31)12-6-16-32-30)22-9-4-8-21-19-7-2-3-13-26(19)33-28(21)22/h2-17,33H,1H3. The third-order valence-corrected chi connectivity index (χ3v) is 6.78. The number of rotatable bonds is 3. The van der Waals surface area contributed by atoms with E-state index in [4.69, 9.17) is 4.74 Å². The molecule has 0 aliphatic carbocycles. The van der Waals surface area contributed by atoms with Crippen LogP contribution in [-0.2, 0) is 0 Å². The fraction of sp³-hybridized carbons (Fsp3) is 0.0333. The summed E-state index contributed by atoms with van der Waals surface area (Å²) < 4.78 is 22.6. The molecular weight excluding hydrogens is 437 g/mol. The predicted molar refractivity (Wildman–Crippen MR) is 140 cm³/mol. The second kappa shape index (κ2) is 7.43. The maximum atomic E-state index is 15.2. The first-order chi connectivity index (χ1) is 17.2. The second-order valence-corrected chi connectivity index (χ2v) is 8.63. The van der Waals surface area contributed by atoms with Gasteiger partial charge in [0.1, 0.15) is 5.75 Å². The summed E-state index contributed by atoms with van der Waals surface area (Å²) in [5.41, 5.74) is 5.93. The Bertz CT molecular complexity index is 1910. The zero-order valence-electron chi connectivity index (χ0n) is 18.9. The number of halogens is 1. The highest BCUT2D eigenvalue weighted by atomic mass is 19.1. The van der Waals surface area contributed by atoms with Crippen LogP contribution in [0.15, 0.2) is 97.2 Å². The van der Waals surface area contributed by atoms with Gasteiger partial charge in [-0.05, 0) is 30.3 Å². The number of aromatic nitrogens is 3. The first-order valence-electron chi connectivity index (χ1n) is 11.5. The number of H-pyrrole nitrogens is 1. The lowest BCUT2D eigenvalue weighted by Crippen LogP contribution is -2.01. The number of fused-ring (bicyclic) bond motifs is 6. The van der Waals surface area contributed by atoms with E-state index in [9.17, 15) is 0 Å². The van der Waals surface area contributed by atoms with Crippen LogP contribution in [0.1, 0.15) is 0 Å². The third kappa shape index (κ3) is 2.81. The molecule has 0 aliphatic rings. The van der Waals surface area contributed by atoms with Gasteiger partial charge in [-0.15, -0.1) is 0 Å². The summed E-state index contributed by atoms with van der Waals surface area (Å²) in [4.78, 5) is 8.06. The molecule has 3 aromatic heterocycles. The maximum absolute atomic E-state index is 15.2. The largest absolute Gasteiger partial charge is 0.497 e. The summed E-state index contributed by atoms with van der Waals surface area (Å²) in [6.07, 6.45) is 1.62. The fourth-order valence-corrected chi connectivity index (χ4v) is 5.25. The molecule has 0 fully saturated rings. The summed E-state index contributed by atoms with van der Waals surface area (Å²) in [6, 6.07) is 29.8. The quantitative estimate of drug-likeness (QED) is 0.296. The van der Waals surface area contributed by atoms with Crippen molar-refractivity contribution in [3.05, 3.63) is 103 Å². The van der Waals surface area contributed by atoms with E-state index in [1.165, 1.54) is 11.5 Å². The smallest absolute Gasteiger partial charge is 0.174 e. The van der Waals surface area contributed by atoms with Gasteiger partial charge in [0, 0.05) is 50.5 Å². The monoisotopic (exact) mass is 457 g/mol. The first kappa shape index (κ1) is 19.8.